The first-order valence-electron chi connectivity index (χ1n) is 13.9. The monoisotopic (exact) mass is 574 g/mol. The van der Waals surface area contributed by atoms with Crippen molar-refractivity contribution in [2.24, 2.45) is 0 Å². The minimum atomic E-state index is -0.578. The molecule has 0 bridgehead atoms. The second kappa shape index (κ2) is 11.0. The first kappa shape index (κ1) is 25.8. The molecule has 3 unspecified atom stereocenters. The van der Waals surface area contributed by atoms with Gasteiger partial charge in [-0.15, -0.1) is 11.3 Å². The van der Waals surface area contributed by atoms with Crippen molar-refractivity contribution < 1.29 is 5.11 Å². The van der Waals surface area contributed by atoms with E-state index in [1.54, 1.807) is 11.3 Å². The Bertz CT molecular complexity index is 1610. The molecule has 206 valence electrons. The lowest BCUT2D eigenvalue weighted by Gasteiger charge is -2.34. The highest BCUT2D eigenvalue weighted by molar-refractivity contribution is 7.22. The average molecular weight is 575 g/mol. The van der Waals surface area contributed by atoms with Crippen LogP contribution in [0.15, 0.2) is 48.8 Å². The summed E-state index contributed by atoms with van der Waals surface area (Å²) in [6.45, 7) is 1.91. The number of aromatic amines is 1. The second-order valence-corrected chi connectivity index (χ2v) is 12.2. The van der Waals surface area contributed by atoms with Crippen LogP contribution in [0.25, 0.3) is 43.2 Å². The molecule has 4 aromatic heterocycles. The quantitative estimate of drug-likeness (QED) is 0.185. The fourth-order valence-corrected chi connectivity index (χ4v) is 7.06. The topological polar surface area (TPSA) is 115 Å². The van der Waals surface area contributed by atoms with Gasteiger partial charge in [0.05, 0.1) is 22.3 Å². The normalized spacial score (nSPS) is 20.9. The summed E-state index contributed by atoms with van der Waals surface area (Å²) in [5.74, 6) is 1.34. The number of halogens is 1. The third-order valence-electron chi connectivity index (χ3n) is 7.89. The van der Waals surface area contributed by atoms with Crippen molar-refractivity contribution in [3.8, 4) is 22.0 Å². The molecule has 2 fully saturated rings. The number of aromatic nitrogens is 5. The highest BCUT2D eigenvalue weighted by atomic mass is 35.5. The summed E-state index contributed by atoms with van der Waals surface area (Å²) < 4.78 is 1.22. The van der Waals surface area contributed by atoms with Gasteiger partial charge < -0.3 is 15.4 Å². The standard InChI is InChI=1S/C29H31ClN8OS/c30-24-16-32-28-26(36-24)20(15-31-28)27-35-21(23-12-17-6-1-2-9-22(17)40-23)14-25(37-27)33-18-7-5-8-19(13-18)34-29(39)38-10-3-4-11-38/h1-2,6,9,12,14-16,18-19,29,34,39H,3-5,7-8,10-11,13H2,(H,31,32)(H,33,35,37). The zero-order valence-electron chi connectivity index (χ0n) is 22.0. The molecule has 5 aromatic rings. The largest absolute Gasteiger partial charge is 0.367 e. The molecule has 1 aliphatic heterocycles. The Balaban J connectivity index is 1.20. The van der Waals surface area contributed by atoms with Gasteiger partial charge in [-0.25, -0.2) is 19.9 Å². The first-order chi connectivity index (χ1) is 19.6. The summed E-state index contributed by atoms with van der Waals surface area (Å²) >= 11 is 7.91. The maximum absolute atomic E-state index is 10.7. The fraction of sp³-hybridized carbons (Fsp3) is 0.379. The van der Waals surface area contributed by atoms with Crippen LogP contribution in [-0.4, -0.2) is 66.5 Å². The molecule has 1 saturated heterocycles. The Morgan fingerprint density at radius 2 is 1.90 bits per heavy atom. The predicted molar refractivity (Wildman–Crippen MR) is 160 cm³/mol. The second-order valence-electron chi connectivity index (χ2n) is 10.7. The Kier molecular flexibility index (Phi) is 7.11. The van der Waals surface area contributed by atoms with E-state index in [0.717, 1.165) is 73.6 Å². The molecule has 11 heteroatoms. The molecule has 3 atom stereocenters. The van der Waals surface area contributed by atoms with E-state index in [4.69, 9.17) is 21.6 Å². The number of rotatable bonds is 7. The molecule has 1 saturated carbocycles. The van der Waals surface area contributed by atoms with Gasteiger partial charge in [0.2, 0.25) is 0 Å². The van der Waals surface area contributed by atoms with E-state index < -0.39 is 6.35 Å². The number of anilines is 1. The lowest BCUT2D eigenvalue weighted by Crippen LogP contribution is -2.51. The molecule has 5 heterocycles. The van der Waals surface area contributed by atoms with E-state index in [1.807, 2.05) is 12.3 Å². The molecule has 0 amide bonds. The fourth-order valence-electron chi connectivity index (χ4n) is 5.90. The number of fused-ring (bicyclic) bond motifs is 2. The molecule has 0 spiro atoms. The number of thiophene rings is 1. The SMILES string of the molecule is OC(NC1CCCC(Nc2cc(-c3cc4ccccc4s3)nc(-c3c[nH]c4ncc(Cl)nc34)n2)C1)N1CCCC1. The lowest BCUT2D eigenvalue weighted by molar-refractivity contribution is -0.0196. The van der Waals surface area contributed by atoms with Crippen molar-refractivity contribution in [3.05, 3.63) is 53.9 Å². The van der Waals surface area contributed by atoms with E-state index in [1.165, 1.54) is 16.3 Å². The molecule has 4 N–H and O–H groups in total. The van der Waals surface area contributed by atoms with Crippen molar-refractivity contribution in [1.82, 2.24) is 35.1 Å². The lowest BCUT2D eigenvalue weighted by atomic mass is 9.91. The number of benzene rings is 1. The van der Waals surface area contributed by atoms with E-state index in [9.17, 15) is 5.11 Å². The van der Waals surface area contributed by atoms with Gasteiger partial charge in [0.1, 0.15) is 16.5 Å². The number of likely N-dealkylation sites (tertiary alicyclic amines) is 1. The predicted octanol–water partition coefficient (Wildman–Crippen LogP) is 5.63. The van der Waals surface area contributed by atoms with Crippen molar-refractivity contribution in [1.29, 1.82) is 0 Å². The van der Waals surface area contributed by atoms with Crippen molar-refractivity contribution in [3.63, 3.8) is 0 Å². The minimum Gasteiger partial charge on any atom is -0.367 e. The number of aliphatic hydroxyl groups excluding tert-OH is 1. The van der Waals surface area contributed by atoms with Crippen LogP contribution in [0.4, 0.5) is 5.82 Å². The van der Waals surface area contributed by atoms with Crippen LogP contribution in [0.5, 0.6) is 0 Å². The zero-order valence-corrected chi connectivity index (χ0v) is 23.5. The number of H-pyrrole nitrogens is 1. The summed E-state index contributed by atoms with van der Waals surface area (Å²) in [5.41, 5.74) is 2.90. The minimum absolute atomic E-state index is 0.229. The van der Waals surface area contributed by atoms with E-state index in [-0.39, 0.29) is 12.1 Å². The average Bonchev–Trinajstić information content (AvgIpc) is 3.73. The molecule has 1 aromatic carbocycles. The van der Waals surface area contributed by atoms with Crippen LogP contribution in [0, 0.1) is 0 Å². The number of nitrogens with zero attached hydrogens (tertiary/aromatic N) is 5. The number of nitrogens with one attached hydrogen (secondary N) is 3. The van der Waals surface area contributed by atoms with Crippen molar-refractivity contribution >= 4 is 50.0 Å². The Hall–Kier alpha value is -3.15. The van der Waals surface area contributed by atoms with Crippen LogP contribution in [-0.2, 0) is 0 Å². The summed E-state index contributed by atoms with van der Waals surface area (Å²) in [5, 5.41) is 19.4. The van der Waals surface area contributed by atoms with E-state index in [0.29, 0.717) is 22.1 Å². The van der Waals surface area contributed by atoms with Gasteiger partial charge >= 0.3 is 0 Å². The maximum Gasteiger partial charge on any atom is 0.165 e. The Morgan fingerprint density at radius 3 is 2.77 bits per heavy atom. The Morgan fingerprint density at radius 1 is 1.05 bits per heavy atom. The van der Waals surface area contributed by atoms with Gasteiger partial charge in [-0.3, -0.25) is 10.2 Å². The summed E-state index contributed by atoms with van der Waals surface area (Å²) in [6.07, 6.45) is 9.20. The highest BCUT2D eigenvalue weighted by Gasteiger charge is 2.27. The third kappa shape index (κ3) is 5.29. The van der Waals surface area contributed by atoms with E-state index in [2.05, 4.69) is 60.8 Å². The van der Waals surface area contributed by atoms with Crippen molar-refractivity contribution in [2.45, 2.75) is 57.0 Å². The van der Waals surface area contributed by atoms with Crippen LogP contribution in [0.1, 0.15) is 38.5 Å². The highest BCUT2D eigenvalue weighted by Crippen LogP contribution is 2.35. The van der Waals surface area contributed by atoms with Crippen LogP contribution in [0.3, 0.4) is 0 Å². The molecule has 9 nitrogen and oxygen atoms in total. The van der Waals surface area contributed by atoms with Crippen molar-refractivity contribution in [2.75, 3.05) is 18.4 Å². The summed E-state index contributed by atoms with van der Waals surface area (Å²) in [4.78, 5) is 25.2. The van der Waals surface area contributed by atoms with Crippen LogP contribution < -0.4 is 10.6 Å². The summed E-state index contributed by atoms with van der Waals surface area (Å²) in [7, 11) is 0. The molecule has 7 rings (SSSR count). The Labute approximate surface area is 241 Å². The molecule has 2 aliphatic rings. The van der Waals surface area contributed by atoms with Gasteiger partial charge in [0.15, 0.2) is 17.8 Å². The molecule has 0 radical (unpaired) electrons. The van der Waals surface area contributed by atoms with Gasteiger partial charge in [-0.1, -0.05) is 29.8 Å². The molecular weight excluding hydrogens is 544 g/mol. The third-order valence-corrected chi connectivity index (χ3v) is 9.21. The van der Waals surface area contributed by atoms with Crippen LogP contribution >= 0.6 is 22.9 Å². The van der Waals surface area contributed by atoms with Gasteiger partial charge in [-0.05, 0) is 56.0 Å². The van der Waals surface area contributed by atoms with Gasteiger partial charge in [0.25, 0.3) is 0 Å². The van der Waals surface area contributed by atoms with Gasteiger partial charge in [-0.2, -0.15) is 0 Å². The van der Waals surface area contributed by atoms with E-state index >= 15 is 0 Å². The van der Waals surface area contributed by atoms with Gasteiger partial charge in [0, 0.05) is 42.1 Å². The number of hydrogen-bond donors (Lipinski definition) is 4. The van der Waals surface area contributed by atoms with Crippen LogP contribution in [0.2, 0.25) is 5.15 Å². The molecule has 1 aliphatic carbocycles. The maximum atomic E-state index is 10.7. The smallest absolute Gasteiger partial charge is 0.165 e. The zero-order chi connectivity index (χ0) is 27.1. The molecular formula is C29H31ClN8OS. The summed E-state index contributed by atoms with van der Waals surface area (Å²) in [6, 6.07) is 13.1. The number of hydrogen-bond acceptors (Lipinski definition) is 9. The molecule has 40 heavy (non-hydrogen) atoms. The number of aliphatic hydroxyl groups is 1. The first-order valence-corrected chi connectivity index (χ1v) is 15.1.